The van der Waals surface area contributed by atoms with Gasteiger partial charge in [0.15, 0.2) is 5.43 Å². The molecular weight excluding hydrogens is 238 g/mol. The number of hydrogen-bond acceptors (Lipinski definition) is 2. The van der Waals surface area contributed by atoms with Crippen molar-refractivity contribution in [1.82, 2.24) is 4.98 Å². The average molecular weight is 249 g/mol. The van der Waals surface area contributed by atoms with E-state index in [-0.39, 0.29) is 5.43 Å². The van der Waals surface area contributed by atoms with Gasteiger partial charge in [-0.25, -0.2) is 0 Å². The summed E-state index contributed by atoms with van der Waals surface area (Å²) in [6.07, 6.45) is 0. The van der Waals surface area contributed by atoms with Crippen molar-refractivity contribution in [1.29, 1.82) is 0 Å². The van der Waals surface area contributed by atoms with E-state index in [2.05, 4.69) is 4.98 Å². The highest BCUT2D eigenvalue weighted by Gasteiger charge is 2.09. The van der Waals surface area contributed by atoms with Crippen LogP contribution in [0.25, 0.3) is 32.8 Å². The number of aryl methyl sites for hydroxylation is 1. The Bertz CT molecular complexity index is 992. The quantitative estimate of drug-likeness (QED) is 0.516. The lowest BCUT2D eigenvalue weighted by atomic mass is 10.1. The molecule has 92 valence electrons. The van der Waals surface area contributed by atoms with Crippen LogP contribution in [-0.2, 0) is 0 Å². The van der Waals surface area contributed by atoms with Gasteiger partial charge in [-0.1, -0.05) is 18.2 Å². The summed E-state index contributed by atoms with van der Waals surface area (Å²) in [5, 5.41) is 2.72. The summed E-state index contributed by atoms with van der Waals surface area (Å²) in [6.45, 7) is 1.88. The topological polar surface area (TPSA) is 46.0 Å². The first-order valence-corrected chi connectivity index (χ1v) is 6.17. The van der Waals surface area contributed by atoms with Gasteiger partial charge in [-0.2, -0.15) is 0 Å². The van der Waals surface area contributed by atoms with Gasteiger partial charge in [-0.3, -0.25) is 4.79 Å². The van der Waals surface area contributed by atoms with Crippen LogP contribution in [0.2, 0.25) is 0 Å². The first-order valence-electron chi connectivity index (χ1n) is 6.17. The van der Waals surface area contributed by atoms with E-state index in [1.165, 1.54) is 0 Å². The van der Waals surface area contributed by atoms with Crippen molar-refractivity contribution in [2.75, 3.05) is 0 Å². The number of pyridine rings is 1. The first-order chi connectivity index (χ1) is 9.22. The van der Waals surface area contributed by atoms with E-state index < -0.39 is 0 Å². The lowest BCUT2D eigenvalue weighted by Crippen LogP contribution is -2.02. The molecule has 0 fully saturated rings. The third kappa shape index (κ3) is 1.41. The maximum atomic E-state index is 12.1. The highest BCUT2D eigenvalue weighted by Crippen LogP contribution is 2.30. The van der Waals surface area contributed by atoms with Gasteiger partial charge < -0.3 is 9.40 Å². The molecule has 2 aromatic carbocycles. The van der Waals surface area contributed by atoms with Gasteiger partial charge in [0.05, 0.1) is 5.52 Å². The summed E-state index contributed by atoms with van der Waals surface area (Å²) in [7, 11) is 0. The second kappa shape index (κ2) is 3.48. The number of H-pyrrole nitrogens is 1. The van der Waals surface area contributed by atoms with E-state index in [4.69, 9.17) is 4.42 Å². The molecule has 0 saturated carbocycles. The Labute approximate surface area is 108 Å². The highest BCUT2D eigenvalue weighted by molar-refractivity contribution is 6.09. The zero-order valence-electron chi connectivity index (χ0n) is 10.4. The molecule has 1 N–H and O–H groups in total. The van der Waals surface area contributed by atoms with Gasteiger partial charge in [0.25, 0.3) is 0 Å². The molecule has 3 nitrogen and oxygen atoms in total. The summed E-state index contributed by atoms with van der Waals surface area (Å²) in [6, 6.07) is 13.3. The summed E-state index contributed by atoms with van der Waals surface area (Å²) < 4.78 is 5.82. The minimum absolute atomic E-state index is 0.0402. The van der Waals surface area contributed by atoms with E-state index in [9.17, 15) is 4.79 Å². The number of rotatable bonds is 0. The van der Waals surface area contributed by atoms with Crippen LogP contribution < -0.4 is 5.43 Å². The smallest absolute Gasteiger partial charge is 0.189 e. The molecule has 0 unspecified atom stereocenters. The van der Waals surface area contributed by atoms with Crippen LogP contribution in [0.15, 0.2) is 51.7 Å². The lowest BCUT2D eigenvalue weighted by Gasteiger charge is -1.99. The molecule has 0 atom stereocenters. The molecule has 2 aromatic heterocycles. The first kappa shape index (κ1) is 10.4. The van der Waals surface area contributed by atoms with Crippen molar-refractivity contribution in [3.05, 3.63) is 58.4 Å². The zero-order valence-corrected chi connectivity index (χ0v) is 10.4. The molecule has 2 heterocycles. The number of nitrogens with one attached hydrogen (secondary N) is 1. The predicted octanol–water partition coefficient (Wildman–Crippen LogP) is 3.74. The second-order valence-electron chi connectivity index (χ2n) is 4.81. The van der Waals surface area contributed by atoms with E-state index >= 15 is 0 Å². The number of aromatic nitrogens is 1. The van der Waals surface area contributed by atoms with Crippen LogP contribution in [0.3, 0.4) is 0 Å². The average Bonchev–Trinajstić information content (AvgIpc) is 2.74. The third-order valence-corrected chi connectivity index (χ3v) is 3.46. The van der Waals surface area contributed by atoms with Crippen LogP contribution in [-0.4, -0.2) is 4.98 Å². The van der Waals surface area contributed by atoms with E-state index in [0.29, 0.717) is 5.39 Å². The molecule has 0 bridgehead atoms. The minimum Gasteiger partial charge on any atom is -0.456 e. The fourth-order valence-corrected chi connectivity index (χ4v) is 2.60. The molecular formula is C16H11NO2. The largest absolute Gasteiger partial charge is 0.456 e. The zero-order chi connectivity index (χ0) is 13.0. The Hall–Kier alpha value is -2.55. The van der Waals surface area contributed by atoms with Crippen LogP contribution in [0.1, 0.15) is 5.69 Å². The Morgan fingerprint density at radius 1 is 0.947 bits per heavy atom. The highest BCUT2D eigenvalue weighted by atomic mass is 16.3. The Balaban J connectivity index is 2.28. The fourth-order valence-electron chi connectivity index (χ4n) is 2.60. The van der Waals surface area contributed by atoms with Crippen molar-refractivity contribution in [2.24, 2.45) is 0 Å². The monoisotopic (exact) mass is 249 g/mol. The lowest BCUT2D eigenvalue weighted by molar-refractivity contribution is 0.669. The van der Waals surface area contributed by atoms with Gasteiger partial charge >= 0.3 is 0 Å². The second-order valence-corrected chi connectivity index (χ2v) is 4.81. The van der Waals surface area contributed by atoms with Gasteiger partial charge in [0.2, 0.25) is 0 Å². The van der Waals surface area contributed by atoms with Crippen molar-refractivity contribution < 1.29 is 4.42 Å². The predicted molar refractivity (Wildman–Crippen MR) is 76.6 cm³/mol. The molecule has 3 heteroatoms. The maximum Gasteiger partial charge on any atom is 0.189 e. The molecule has 0 radical (unpaired) electrons. The van der Waals surface area contributed by atoms with Gasteiger partial charge in [-0.05, 0) is 19.1 Å². The summed E-state index contributed by atoms with van der Waals surface area (Å²) in [5.74, 6) is 0. The summed E-state index contributed by atoms with van der Waals surface area (Å²) >= 11 is 0. The number of furan rings is 1. The van der Waals surface area contributed by atoms with Gasteiger partial charge in [0, 0.05) is 34.0 Å². The van der Waals surface area contributed by atoms with Gasteiger partial charge in [-0.15, -0.1) is 0 Å². The standard InChI is InChI=1S/C16H11NO2/c1-9-6-14(18)12-7-11-10-4-2-3-5-15(10)19-16(11)8-13(12)17-9/h2-8H,1H3,(H,17,18). The van der Waals surface area contributed by atoms with Crippen LogP contribution in [0, 0.1) is 6.92 Å². The Morgan fingerprint density at radius 3 is 2.68 bits per heavy atom. The number of para-hydroxylation sites is 1. The van der Waals surface area contributed by atoms with Crippen LogP contribution in [0.5, 0.6) is 0 Å². The Morgan fingerprint density at radius 2 is 1.79 bits per heavy atom. The molecule has 19 heavy (non-hydrogen) atoms. The normalized spacial score (nSPS) is 11.6. The molecule has 0 amide bonds. The number of hydrogen-bond donors (Lipinski definition) is 1. The van der Waals surface area contributed by atoms with Crippen LogP contribution >= 0.6 is 0 Å². The Kier molecular flexibility index (Phi) is 1.90. The number of aromatic amines is 1. The molecule has 0 spiro atoms. The molecule has 4 rings (SSSR count). The molecule has 0 aliphatic rings. The van der Waals surface area contributed by atoms with E-state index in [0.717, 1.165) is 33.1 Å². The maximum absolute atomic E-state index is 12.1. The van der Waals surface area contributed by atoms with E-state index in [1.807, 2.05) is 43.3 Å². The summed E-state index contributed by atoms with van der Waals surface area (Å²) in [5.41, 5.74) is 3.36. The van der Waals surface area contributed by atoms with Crippen molar-refractivity contribution in [3.8, 4) is 0 Å². The van der Waals surface area contributed by atoms with Crippen LogP contribution in [0.4, 0.5) is 0 Å². The van der Waals surface area contributed by atoms with Crippen molar-refractivity contribution in [3.63, 3.8) is 0 Å². The fraction of sp³-hybridized carbons (Fsp3) is 0.0625. The molecule has 0 aliphatic carbocycles. The number of fused-ring (bicyclic) bond motifs is 4. The molecule has 0 aliphatic heterocycles. The van der Waals surface area contributed by atoms with Crippen molar-refractivity contribution >= 4 is 32.8 Å². The van der Waals surface area contributed by atoms with E-state index in [1.54, 1.807) is 6.07 Å². The minimum atomic E-state index is 0.0402. The summed E-state index contributed by atoms with van der Waals surface area (Å²) in [4.78, 5) is 15.3. The van der Waals surface area contributed by atoms with Crippen molar-refractivity contribution in [2.45, 2.75) is 6.92 Å². The molecule has 4 aromatic rings. The van der Waals surface area contributed by atoms with Gasteiger partial charge in [0.1, 0.15) is 11.2 Å². The number of benzene rings is 2. The third-order valence-electron chi connectivity index (χ3n) is 3.46. The molecule has 0 saturated heterocycles. The SMILES string of the molecule is Cc1cc(=O)c2cc3c(cc2[nH]1)oc1ccccc13.